The minimum atomic E-state index is -0.125. The summed E-state index contributed by atoms with van der Waals surface area (Å²) < 4.78 is 0. The number of hydrogen-bond donors (Lipinski definition) is 1. The molecule has 0 aliphatic rings. The third-order valence-corrected chi connectivity index (χ3v) is 8.93. The molecule has 4 radical (unpaired) electrons. The van der Waals surface area contributed by atoms with Gasteiger partial charge in [0.1, 0.15) is 0 Å². The molecule has 6 aromatic carbocycles. The van der Waals surface area contributed by atoms with Gasteiger partial charge in [0, 0.05) is 105 Å². The molecule has 1 N–H and O–H groups in total. The van der Waals surface area contributed by atoms with E-state index in [2.05, 4.69) is 68.5 Å². The van der Waals surface area contributed by atoms with Crippen molar-refractivity contribution in [2.75, 3.05) is 0 Å². The monoisotopic (exact) mass is 1590 g/mol. The fourth-order valence-electron chi connectivity index (χ4n) is 6.09. The van der Waals surface area contributed by atoms with Crippen LogP contribution in [0.2, 0.25) is 0 Å². The van der Waals surface area contributed by atoms with Crippen LogP contribution in [0.25, 0.3) is 66.7 Å². The average molecular weight is 1590 g/mol. The molecule has 10 aromatic rings. The second-order valence-electron chi connectivity index (χ2n) is 13.7. The van der Waals surface area contributed by atoms with E-state index in [0.29, 0.717) is 0 Å². The van der Waals surface area contributed by atoms with Crippen molar-refractivity contribution < 1.29 is 90.3 Å². The molecular formula is C57H44Ir4N4O2-4. The second-order valence-corrected chi connectivity index (χ2v) is 13.7. The van der Waals surface area contributed by atoms with Crippen molar-refractivity contribution in [2.45, 2.75) is 13.8 Å². The van der Waals surface area contributed by atoms with Gasteiger partial charge in [-0.3, -0.25) is 9.78 Å². The molecule has 10 heteroatoms. The molecule has 0 aliphatic heterocycles. The molecule has 0 aliphatic carbocycles. The number of fused-ring (bicyclic) bond motifs is 2. The number of nitrogens with zero attached hydrogens (tertiary/aromatic N) is 4. The normalized spacial score (nSPS) is 9.67. The van der Waals surface area contributed by atoms with E-state index < -0.39 is 0 Å². The number of ketones is 1. The molecule has 0 saturated carbocycles. The summed E-state index contributed by atoms with van der Waals surface area (Å²) in [7, 11) is 0. The van der Waals surface area contributed by atoms with Crippen molar-refractivity contribution in [1.82, 2.24) is 19.9 Å². The van der Waals surface area contributed by atoms with E-state index in [1.54, 1.807) is 12.4 Å². The largest absolute Gasteiger partial charge is 0.512 e. The Balaban J connectivity index is 0.000000290. The van der Waals surface area contributed by atoms with Crippen LogP contribution < -0.4 is 0 Å². The smallest absolute Gasteiger partial charge is 0.155 e. The molecular weight excluding hydrogens is 1540 g/mol. The summed E-state index contributed by atoms with van der Waals surface area (Å²) in [4.78, 5) is 27.5. The predicted molar refractivity (Wildman–Crippen MR) is 256 cm³/mol. The van der Waals surface area contributed by atoms with E-state index in [4.69, 9.17) is 5.11 Å². The van der Waals surface area contributed by atoms with E-state index in [0.717, 1.165) is 50.5 Å². The summed E-state index contributed by atoms with van der Waals surface area (Å²) >= 11 is 0. The molecule has 0 unspecified atom stereocenters. The van der Waals surface area contributed by atoms with Gasteiger partial charge in [0.2, 0.25) is 0 Å². The maximum atomic E-state index is 10.0. The number of allylic oxidation sites excluding steroid dienone is 2. The number of aliphatic hydroxyl groups is 1. The van der Waals surface area contributed by atoms with E-state index in [-0.39, 0.29) is 92.0 Å². The van der Waals surface area contributed by atoms with Gasteiger partial charge in [-0.1, -0.05) is 78.9 Å². The van der Waals surface area contributed by atoms with Gasteiger partial charge in [0.05, 0.1) is 11.3 Å². The topological polar surface area (TPSA) is 88.9 Å². The molecule has 4 aromatic heterocycles. The Morgan fingerprint density at radius 2 is 0.881 bits per heavy atom. The Morgan fingerprint density at radius 1 is 0.433 bits per heavy atom. The molecule has 0 spiro atoms. The standard InChI is InChI=1S/2C15H10N.2C11H8N.C5H8O2.4Ir/c1-2-7-13(8-3-1)15-14-9-5-4-6-12(14)10-11-16-15;1-2-6-12(7-3-1)15-11-10-13-8-4-5-9-14(13)16-15;2*1-2-6-10(7-3-1)11-8-4-5-9-12-11;1-4(6)3-5(2)7;;;;/h1-7,9-11H;1-6,8-11H;2*1-6,8-9H;3,6H,1-2H3;;;;/q4*-1;;;;;. The SMILES string of the molecule is CC(=O)C=C(C)O.[Ir].[Ir].[Ir].[Ir].[c-]1ccccc1-c1ccc2ccccc2n1.[c-]1ccccc1-c1ccccn1.[c-]1ccccc1-c1ccccn1.[c-]1ccccc1-c1nccc2ccccc12. The first-order chi connectivity index (χ1) is 30.9. The van der Waals surface area contributed by atoms with Crippen LogP contribution in [0, 0.1) is 24.3 Å². The maximum absolute atomic E-state index is 10.0. The van der Waals surface area contributed by atoms with E-state index in [1.165, 1.54) is 36.1 Å². The van der Waals surface area contributed by atoms with Crippen LogP contribution in [0.1, 0.15) is 13.8 Å². The Hall–Kier alpha value is -5.75. The van der Waals surface area contributed by atoms with Crippen LogP contribution in [0.3, 0.4) is 0 Å². The first-order valence-corrected chi connectivity index (χ1v) is 20.2. The van der Waals surface area contributed by atoms with Crippen molar-refractivity contribution >= 4 is 27.5 Å². The molecule has 4 heterocycles. The number of benzene rings is 6. The molecule has 67 heavy (non-hydrogen) atoms. The Morgan fingerprint density at radius 3 is 1.33 bits per heavy atom. The van der Waals surface area contributed by atoms with Crippen LogP contribution in [0.4, 0.5) is 0 Å². The number of hydrogen-bond acceptors (Lipinski definition) is 6. The molecule has 0 fully saturated rings. The van der Waals surface area contributed by atoms with Gasteiger partial charge in [-0.2, -0.15) is 0 Å². The number of para-hydroxylation sites is 1. The van der Waals surface area contributed by atoms with Crippen LogP contribution in [-0.4, -0.2) is 30.8 Å². The molecule has 0 atom stereocenters. The summed E-state index contributed by atoms with van der Waals surface area (Å²) in [6.45, 7) is 2.85. The summed E-state index contributed by atoms with van der Waals surface area (Å²) in [5.41, 5.74) is 9.09. The zero-order valence-electron chi connectivity index (χ0n) is 36.3. The van der Waals surface area contributed by atoms with Crippen molar-refractivity contribution in [2.24, 2.45) is 0 Å². The molecule has 0 bridgehead atoms. The fourth-order valence-corrected chi connectivity index (χ4v) is 6.09. The van der Waals surface area contributed by atoms with Gasteiger partial charge in [-0.25, -0.2) is 0 Å². The summed E-state index contributed by atoms with van der Waals surface area (Å²) in [5.74, 6) is -0.0625. The molecule has 344 valence electrons. The van der Waals surface area contributed by atoms with Crippen LogP contribution in [-0.2, 0) is 85.2 Å². The second kappa shape index (κ2) is 32.0. The molecule has 6 nitrogen and oxygen atoms in total. The maximum Gasteiger partial charge on any atom is 0.155 e. The average Bonchev–Trinajstić information content (AvgIpc) is 3.36. The summed E-state index contributed by atoms with van der Waals surface area (Å²) in [6.07, 6.45) is 6.59. The van der Waals surface area contributed by atoms with Crippen molar-refractivity contribution in [1.29, 1.82) is 0 Å². The fraction of sp³-hybridized carbons (Fsp3) is 0.0351. The van der Waals surface area contributed by atoms with Gasteiger partial charge < -0.3 is 20.1 Å². The van der Waals surface area contributed by atoms with Crippen LogP contribution in [0.15, 0.2) is 231 Å². The third kappa shape index (κ3) is 19.2. The van der Waals surface area contributed by atoms with E-state index in [9.17, 15) is 4.79 Å². The number of aliphatic hydroxyl groups excluding tert-OH is 1. The number of carbonyl (C=O) groups excluding carboxylic acids is 1. The Kier molecular flexibility index (Phi) is 27.4. The minimum Gasteiger partial charge on any atom is -0.512 e. The zero-order valence-corrected chi connectivity index (χ0v) is 45.9. The van der Waals surface area contributed by atoms with Gasteiger partial charge in [0.25, 0.3) is 0 Å². The van der Waals surface area contributed by atoms with Crippen LogP contribution in [0.5, 0.6) is 0 Å². The van der Waals surface area contributed by atoms with E-state index >= 15 is 0 Å². The number of pyridine rings is 4. The zero-order chi connectivity index (χ0) is 43.9. The first kappa shape index (κ1) is 57.4. The van der Waals surface area contributed by atoms with Gasteiger partial charge in [-0.15, -0.1) is 144 Å². The summed E-state index contributed by atoms with van der Waals surface area (Å²) in [5, 5.41) is 11.9. The number of rotatable bonds is 5. The predicted octanol–water partition coefficient (Wildman–Crippen LogP) is 13.5. The minimum absolute atomic E-state index is 0. The Bertz CT molecular complexity index is 2770. The van der Waals surface area contributed by atoms with Crippen molar-refractivity contribution in [3.8, 4) is 45.0 Å². The summed E-state index contributed by atoms with van der Waals surface area (Å²) in [6, 6.07) is 78.4. The molecule has 10 rings (SSSR count). The van der Waals surface area contributed by atoms with Gasteiger partial charge in [-0.05, 0) is 77.0 Å². The van der Waals surface area contributed by atoms with E-state index in [1.807, 2.05) is 182 Å². The molecule has 0 saturated heterocycles. The van der Waals surface area contributed by atoms with Crippen LogP contribution >= 0.6 is 0 Å². The van der Waals surface area contributed by atoms with Gasteiger partial charge in [0.15, 0.2) is 5.78 Å². The number of carbonyl (C=O) groups is 1. The van der Waals surface area contributed by atoms with Crippen molar-refractivity contribution in [3.05, 3.63) is 255 Å². The number of aromatic nitrogens is 4. The Labute approximate surface area is 447 Å². The van der Waals surface area contributed by atoms with Gasteiger partial charge >= 0.3 is 0 Å². The third-order valence-electron chi connectivity index (χ3n) is 8.93. The first-order valence-electron chi connectivity index (χ1n) is 20.2. The molecule has 0 amide bonds. The quantitative estimate of drug-likeness (QED) is 0.105. The van der Waals surface area contributed by atoms with Crippen molar-refractivity contribution in [3.63, 3.8) is 0 Å².